The van der Waals surface area contributed by atoms with Crippen molar-refractivity contribution in [2.24, 2.45) is 0 Å². The van der Waals surface area contributed by atoms with Crippen molar-refractivity contribution in [3.05, 3.63) is 94.9 Å². The molecule has 35 heavy (non-hydrogen) atoms. The largest absolute Gasteiger partial charge is 0.397 e. The van der Waals surface area contributed by atoms with Crippen LogP contribution in [0, 0.1) is 0 Å². The summed E-state index contributed by atoms with van der Waals surface area (Å²) < 4.78 is 3.43. The van der Waals surface area contributed by atoms with Crippen molar-refractivity contribution in [2.75, 3.05) is 5.73 Å². The lowest BCUT2D eigenvalue weighted by Gasteiger charge is -2.09. The van der Waals surface area contributed by atoms with Crippen LogP contribution in [0.3, 0.4) is 0 Å². The van der Waals surface area contributed by atoms with Gasteiger partial charge in [0.2, 0.25) is 0 Å². The van der Waals surface area contributed by atoms with Crippen LogP contribution in [0.2, 0.25) is 0 Å². The predicted octanol–water partition coefficient (Wildman–Crippen LogP) is 3.85. The summed E-state index contributed by atoms with van der Waals surface area (Å²) in [4.78, 5) is 18.1. The number of aromatic nitrogens is 7. The number of tetrazole rings is 1. The number of unbranched alkanes of at least 4 members (excludes halogenated alkanes) is 1. The lowest BCUT2D eigenvalue weighted by Crippen LogP contribution is -2.25. The first-order chi connectivity index (χ1) is 17.2. The molecule has 3 aromatic heterocycles. The van der Waals surface area contributed by atoms with Gasteiger partial charge in [-0.3, -0.25) is 14.1 Å². The molecule has 0 saturated carbocycles. The molecular formula is C26H26N8O. The summed E-state index contributed by atoms with van der Waals surface area (Å²) in [5, 5.41) is 14.2. The Bertz CT molecular complexity index is 1480. The Balaban J connectivity index is 1.47. The standard InChI is InChI=1S/C26H26N8O/c1-2-3-8-20-17-34(24-12-7-6-11-23(24)27)26(35)33(20)16-19-14-13-18(15-28-19)21-9-4-5-10-22(21)25-29-31-32-30-25/h4-7,9-15,17H,2-3,8,16,27H2,1H3,(H,29,30,31,32). The van der Waals surface area contributed by atoms with Crippen molar-refractivity contribution < 1.29 is 0 Å². The van der Waals surface area contributed by atoms with Crippen LogP contribution >= 0.6 is 0 Å². The molecule has 5 aromatic rings. The van der Waals surface area contributed by atoms with Gasteiger partial charge in [0.25, 0.3) is 0 Å². The molecule has 0 saturated heterocycles. The van der Waals surface area contributed by atoms with E-state index in [1.165, 1.54) is 0 Å². The monoisotopic (exact) mass is 466 g/mol. The van der Waals surface area contributed by atoms with E-state index in [2.05, 4.69) is 32.5 Å². The molecule has 0 spiro atoms. The Hall–Kier alpha value is -4.53. The molecule has 0 unspecified atom stereocenters. The van der Waals surface area contributed by atoms with Gasteiger partial charge in [0.05, 0.1) is 23.6 Å². The van der Waals surface area contributed by atoms with Crippen LogP contribution in [-0.2, 0) is 13.0 Å². The molecule has 0 aliphatic carbocycles. The SMILES string of the molecule is CCCCc1cn(-c2ccccc2N)c(=O)n1Cc1ccc(-c2ccccc2-c2nnn[nH]2)cn1. The van der Waals surface area contributed by atoms with Gasteiger partial charge in [0, 0.05) is 29.2 Å². The Kier molecular flexibility index (Phi) is 6.21. The molecule has 0 fully saturated rings. The molecular weight excluding hydrogens is 440 g/mol. The van der Waals surface area contributed by atoms with Crippen LogP contribution < -0.4 is 11.4 Å². The number of pyridine rings is 1. The lowest BCUT2D eigenvalue weighted by molar-refractivity contribution is 0.664. The number of anilines is 1. The highest BCUT2D eigenvalue weighted by Crippen LogP contribution is 2.29. The van der Waals surface area contributed by atoms with Gasteiger partial charge in [0.15, 0.2) is 5.82 Å². The minimum Gasteiger partial charge on any atom is -0.397 e. The first-order valence-electron chi connectivity index (χ1n) is 11.6. The minimum atomic E-state index is -0.122. The summed E-state index contributed by atoms with van der Waals surface area (Å²) in [5.41, 5.74) is 11.9. The number of nitrogens with one attached hydrogen (secondary N) is 1. The number of aromatic amines is 1. The highest BCUT2D eigenvalue weighted by Gasteiger charge is 2.15. The van der Waals surface area contributed by atoms with Crippen molar-refractivity contribution in [3.8, 4) is 28.2 Å². The Morgan fingerprint density at radius 1 is 1.00 bits per heavy atom. The van der Waals surface area contributed by atoms with E-state index in [0.29, 0.717) is 23.7 Å². The van der Waals surface area contributed by atoms with Gasteiger partial charge in [-0.15, -0.1) is 5.10 Å². The summed E-state index contributed by atoms with van der Waals surface area (Å²) in [6.45, 7) is 2.52. The number of nitrogens with two attached hydrogens (primary N) is 1. The minimum absolute atomic E-state index is 0.122. The maximum Gasteiger partial charge on any atom is 0.333 e. The number of nitrogens with zero attached hydrogens (tertiary/aromatic N) is 6. The number of para-hydroxylation sites is 2. The second-order valence-electron chi connectivity index (χ2n) is 8.36. The van der Waals surface area contributed by atoms with Gasteiger partial charge in [-0.2, -0.15) is 0 Å². The average Bonchev–Trinajstić information content (AvgIpc) is 3.53. The van der Waals surface area contributed by atoms with Crippen molar-refractivity contribution in [3.63, 3.8) is 0 Å². The van der Waals surface area contributed by atoms with E-state index >= 15 is 0 Å². The van der Waals surface area contributed by atoms with Crippen LogP contribution in [-0.4, -0.2) is 34.7 Å². The van der Waals surface area contributed by atoms with Gasteiger partial charge in [-0.1, -0.05) is 55.8 Å². The van der Waals surface area contributed by atoms with E-state index in [1.807, 2.05) is 67.0 Å². The van der Waals surface area contributed by atoms with Gasteiger partial charge in [0.1, 0.15) is 0 Å². The zero-order chi connectivity index (χ0) is 24.2. The fraction of sp³-hybridized carbons (Fsp3) is 0.192. The summed E-state index contributed by atoms with van der Waals surface area (Å²) >= 11 is 0. The molecule has 2 aromatic carbocycles. The first-order valence-corrected chi connectivity index (χ1v) is 11.6. The van der Waals surface area contributed by atoms with E-state index < -0.39 is 0 Å². The third-order valence-electron chi connectivity index (χ3n) is 6.03. The second-order valence-corrected chi connectivity index (χ2v) is 8.36. The summed E-state index contributed by atoms with van der Waals surface area (Å²) in [6, 6.07) is 19.2. The summed E-state index contributed by atoms with van der Waals surface area (Å²) in [6.07, 6.45) is 6.57. The van der Waals surface area contributed by atoms with Gasteiger partial charge in [-0.05, 0) is 47.0 Å². The van der Waals surface area contributed by atoms with E-state index in [9.17, 15) is 4.79 Å². The van der Waals surface area contributed by atoms with E-state index in [-0.39, 0.29) is 5.69 Å². The Morgan fingerprint density at radius 3 is 2.51 bits per heavy atom. The Labute approximate surface area is 202 Å². The fourth-order valence-electron chi connectivity index (χ4n) is 4.19. The first kappa shape index (κ1) is 22.3. The number of rotatable bonds is 8. The topological polar surface area (TPSA) is 120 Å². The van der Waals surface area contributed by atoms with Crippen LogP contribution in [0.1, 0.15) is 31.2 Å². The molecule has 0 amide bonds. The second kappa shape index (κ2) is 9.76. The molecule has 3 N–H and O–H groups in total. The van der Waals surface area contributed by atoms with Gasteiger partial charge < -0.3 is 5.73 Å². The Morgan fingerprint density at radius 2 is 1.80 bits per heavy atom. The van der Waals surface area contributed by atoms with Crippen molar-refractivity contribution in [2.45, 2.75) is 32.7 Å². The molecule has 3 heterocycles. The van der Waals surface area contributed by atoms with Crippen LogP contribution in [0.4, 0.5) is 5.69 Å². The zero-order valence-electron chi connectivity index (χ0n) is 19.4. The number of aryl methyl sites for hydroxylation is 1. The number of hydrogen-bond donors (Lipinski definition) is 2. The molecule has 5 rings (SSSR count). The van der Waals surface area contributed by atoms with Crippen LogP contribution in [0.15, 0.2) is 77.9 Å². The van der Waals surface area contributed by atoms with E-state index in [0.717, 1.165) is 47.3 Å². The van der Waals surface area contributed by atoms with Crippen molar-refractivity contribution in [1.29, 1.82) is 0 Å². The number of H-pyrrole nitrogens is 1. The maximum atomic E-state index is 13.4. The molecule has 9 heteroatoms. The molecule has 0 radical (unpaired) electrons. The molecule has 176 valence electrons. The molecule has 0 aliphatic heterocycles. The normalized spacial score (nSPS) is 11.1. The summed E-state index contributed by atoms with van der Waals surface area (Å²) in [7, 11) is 0. The quantitative estimate of drug-likeness (QED) is 0.335. The molecule has 0 aliphatic rings. The number of imidazole rings is 1. The molecule has 0 atom stereocenters. The number of hydrogen-bond acceptors (Lipinski definition) is 6. The smallest absolute Gasteiger partial charge is 0.333 e. The number of nitrogen functional groups attached to an aromatic ring is 1. The molecule has 9 nitrogen and oxygen atoms in total. The maximum absolute atomic E-state index is 13.4. The number of benzene rings is 2. The highest BCUT2D eigenvalue weighted by atomic mass is 16.1. The lowest BCUT2D eigenvalue weighted by atomic mass is 10.0. The summed E-state index contributed by atoms with van der Waals surface area (Å²) in [5.74, 6) is 0.596. The zero-order valence-corrected chi connectivity index (χ0v) is 19.4. The fourth-order valence-corrected chi connectivity index (χ4v) is 4.19. The van der Waals surface area contributed by atoms with E-state index in [1.54, 1.807) is 15.2 Å². The van der Waals surface area contributed by atoms with Crippen molar-refractivity contribution in [1.82, 2.24) is 34.7 Å². The van der Waals surface area contributed by atoms with Crippen LogP contribution in [0.25, 0.3) is 28.2 Å². The average molecular weight is 467 g/mol. The van der Waals surface area contributed by atoms with Crippen LogP contribution in [0.5, 0.6) is 0 Å². The van der Waals surface area contributed by atoms with Crippen molar-refractivity contribution >= 4 is 5.69 Å². The third-order valence-corrected chi connectivity index (χ3v) is 6.03. The molecule has 0 bridgehead atoms. The van der Waals surface area contributed by atoms with Gasteiger partial charge >= 0.3 is 5.69 Å². The predicted molar refractivity (Wildman–Crippen MR) is 135 cm³/mol. The van der Waals surface area contributed by atoms with Gasteiger partial charge in [-0.25, -0.2) is 9.89 Å². The third kappa shape index (κ3) is 4.48. The highest BCUT2D eigenvalue weighted by molar-refractivity contribution is 5.79. The van der Waals surface area contributed by atoms with E-state index in [4.69, 9.17) is 5.73 Å².